The van der Waals surface area contributed by atoms with Crippen LogP contribution in [-0.2, 0) is 0 Å². The number of pyridine rings is 1. The van der Waals surface area contributed by atoms with Gasteiger partial charge in [0.2, 0.25) is 0 Å². The first kappa shape index (κ1) is 6.48. The van der Waals surface area contributed by atoms with E-state index in [1.54, 1.807) is 0 Å². The van der Waals surface area contributed by atoms with Crippen molar-refractivity contribution in [3.8, 4) is 0 Å². The van der Waals surface area contributed by atoms with Crippen LogP contribution in [0, 0.1) is 5.82 Å². The van der Waals surface area contributed by atoms with Gasteiger partial charge in [-0.25, -0.2) is 9.37 Å². The number of hydrogen-bond acceptors (Lipinski definition) is 2. The smallest absolute Gasteiger partial charge is 0.141 e. The molecule has 2 nitrogen and oxygen atoms in total. The van der Waals surface area contributed by atoms with E-state index in [1.165, 1.54) is 12.1 Å². The summed E-state index contributed by atoms with van der Waals surface area (Å²) in [4.78, 5) is 3.66. The normalized spacial score (nSPS) is 9.11. The van der Waals surface area contributed by atoms with Crippen molar-refractivity contribution in [3.63, 3.8) is 0 Å². The van der Waals surface area contributed by atoms with Gasteiger partial charge in [-0.2, -0.15) is 0 Å². The second-order valence-corrected chi connectivity index (χ2v) is 1.85. The summed E-state index contributed by atoms with van der Waals surface area (Å²) in [7, 11) is 0. The topological polar surface area (TPSA) is 24.9 Å². The van der Waals surface area contributed by atoms with Crippen LogP contribution in [0.2, 0.25) is 0 Å². The zero-order valence-corrected chi connectivity index (χ0v) is 6.02. The Balaban J connectivity index is 2.88. The van der Waals surface area contributed by atoms with Gasteiger partial charge >= 0.3 is 0 Å². The van der Waals surface area contributed by atoms with Crippen molar-refractivity contribution < 1.29 is 4.39 Å². The standard InChI is InChI=1S/C5H4BrFN2/c6-9-5-2-1-4(7)3-8-5/h1-3H,(H,8,9). The van der Waals surface area contributed by atoms with Crippen molar-refractivity contribution in [1.29, 1.82) is 0 Å². The molecule has 48 valence electrons. The van der Waals surface area contributed by atoms with Crippen molar-refractivity contribution in [2.45, 2.75) is 0 Å². The molecule has 0 saturated carbocycles. The van der Waals surface area contributed by atoms with Crippen LogP contribution < -0.4 is 4.34 Å². The third-order valence-corrected chi connectivity index (χ3v) is 1.23. The summed E-state index contributed by atoms with van der Waals surface area (Å²) in [5.41, 5.74) is 0. The van der Waals surface area contributed by atoms with Gasteiger partial charge in [0, 0.05) is 16.1 Å². The zero-order chi connectivity index (χ0) is 6.69. The van der Waals surface area contributed by atoms with Gasteiger partial charge in [-0.15, -0.1) is 0 Å². The van der Waals surface area contributed by atoms with Crippen molar-refractivity contribution in [1.82, 2.24) is 4.98 Å². The molecule has 1 rings (SSSR count). The van der Waals surface area contributed by atoms with E-state index in [1.807, 2.05) is 0 Å². The van der Waals surface area contributed by atoms with Gasteiger partial charge in [0.25, 0.3) is 0 Å². The molecule has 0 aliphatic carbocycles. The van der Waals surface area contributed by atoms with E-state index in [9.17, 15) is 4.39 Å². The Morgan fingerprint density at radius 3 is 2.78 bits per heavy atom. The molecular weight excluding hydrogens is 187 g/mol. The van der Waals surface area contributed by atoms with E-state index in [0.717, 1.165) is 6.20 Å². The molecule has 1 heterocycles. The van der Waals surface area contributed by atoms with Crippen molar-refractivity contribution in [2.75, 3.05) is 4.34 Å². The lowest BCUT2D eigenvalue weighted by Gasteiger charge is -1.92. The first-order valence-electron chi connectivity index (χ1n) is 2.31. The summed E-state index contributed by atoms with van der Waals surface area (Å²) in [5.74, 6) is 0.262. The molecule has 9 heavy (non-hydrogen) atoms. The van der Waals surface area contributed by atoms with Gasteiger partial charge in [-0.1, -0.05) is 0 Å². The Hall–Kier alpha value is -0.640. The Bertz CT molecular complexity index is 187. The number of nitrogens with zero attached hydrogens (tertiary/aromatic N) is 1. The second-order valence-electron chi connectivity index (χ2n) is 1.46. The first-order valence-corrected chi connectivity index (χ1v) is 3.10. The summed E-state index contributed by atoms with van der Waals surface area (Å²) in [6, 6.07) is 2.86. The third kappa shape index (κ3) is 1.64. The summed E-state index contributed by atoms with van der Waals surface area (Å²) >= 11 is 2.95. The molecule has 1 N–H and O–H groups in total. The Morgan fingerprint density at radius 2 is 2.33 bits per heavy atom. The fourth-order valence-corrected chi connectivity index (χ4v) is 0.666. The third-order valence-electron chi connectivity index (χ3n) is 0.824. The van der Waals surface area contributed by atoms with Gasteiger partial charge in [0.1, 0.15) is 11.6 Å². The number of aromatic nitrogens is 1. The largest absolute Gasteiger partial charge is 0.307 e. The summed E-state index contributed by atoms with van der Waals surface area (Å²) in [6.07, 6.45) is 1.14. The van der Waals surface area contributed by atoms with E-state index < -0.39 is 0 Å². The first-order chi connectivity index (χ1) is 4.33. The van der Waals surface area contributed by atoms with Gasteiger partial charge < -0.3 is 4.34 Å². The fourth-order valence-electron chi connectivity index (χ4n) is 0.432. The van der Waals surface area contributed by atoms with E-state index in [0.29, 0.717) is 5.82 Å². The molecule has 0 aliphatic rings. The van der Waals surface area contributed by atoms with Crippen LogP contribution in [-0.4, -0.2) is 4.98 Å². The SMILES string of the molecule is Fc1ccc(NBr)nc1. The molecule has 0 aliphatic heterocycles. The van der Waals surface area contributed by atoms with Crippen LogP contribution in [0.4, 0.5) is 10.2 Å². The highest BCUT2D eigenvalue weighted by atomic mass is 79.9. The maximum absolute atomic E-state index is 12.1. The number of rotatable bonds is 1. The molecule has 4 heteroatoms. The average Bonchev–Trinajstić information content (AvgIpc) is 1.90. The van der Waals surface area contributed by atoms with Gasteiger partial charge in [0.15, 0.2) is 0 Å². The van der Waals surface area contributed by atoms with E-state index in [4.69, 9.17) is 0 Å². The van der Waals surface area contributed by atoms with Crippen LogP contribution in [0.25, 0.3) is 0 Å². The predicted molar refractivity (Wildman–Crippen MR) is 36.7 cm³/mol. The fraction of sp³-hybridized carbons (Fsp3) is 0. The number of halogens is 2. The zero-order valence-electron chi connectivity index (χ0n) is 4.44. The molecule has 0 spiro atoms. The van der Waals surface area contributed by atoms with Gasteiger partial charge in [-0.05, 0) is 12.1 Å². The predicted octanol–water partition coefficient (Wildman–Crippen LogP) is 1.94. The Labute approximate surface area is 60.4 Å². The van der Waals surface area contributed by atoms with Crippen LogP contribution in [0.3, 0.4) is 0 Å². The minimum absolute atomic E-state index is 0.332. The van der Waals surface area contributed by atoms with Crippen molar-refractivity contribution >= 4 is 22.0 Å². The molecule has 0 fully saturated rings. The van der Waals surface area contributed by atoms with Crippen molar-refractivity contribution in [2.24, 2.45) is 0 Å². The van der Waals surface area contributed by atoms with Crippen molar-refractivity contribution in [3.05, 3.63) is 24.1 Å². The van der Waals surface area contributed by atoms with E-state index in [2.05, 4.69) is 25.5 Å². The summed E-state index contributed by atoms with van der Waals surface area (Å²) in [5, 5.41) is 0. The molecule has 0 atom stereocenters. The highest BCUT2D eigenvalue weighted by Gasteiger charge is 1.89. The lowest BCUT2D eigenvalue weighted by Crippen LogP contribution is -1.84. The Morgan fingerprint density at radius 1 is 1.56 bits per heavy atom. The average molecular weight is 191 g/mol. The monoisotopic (exact) mass is 190 g/mol. The lowest BCUT2D eigenvalue weighted by molar-refractivity contribution is 0.622. The van der Waals surface area contributed by atoms with E-state index >= 15 is 0 Å². The molecule has 0 aromatic carbocycles. The van der Waals surface area contributed by atoms with Crippen LogP contribution in [0.1, 0.15) is 0 Å². The van der Waals surface area contributed by atoms with Gasteiger partial charge in [0.05, 0.1) is 6.20 Å². The molecule has 1 aromatic rings. The maximum atomic E-state index is 12.1. The number of hydrogen-bond donors (Lipinski definition) is 1. The Kier molecular flexibility index (Phi) is 2.00. The van der Waals surface area contributed by atoms with Crippen LogP contribution >= 0.6 is 16.1 Å². The summed E-state index contributed by atoms with van der Waals surface area (Å²) < 4.78 is 14.7. The van der Waals surface area contributed by atoms with Gasteiger partial charge in [-0.3, -0.25) is 0 Å². The minimum Gasteiger partial charge on any atom is -0.307 e. The van der Waals surface area contributed by atoms with E-state index in [-0.39, 0.29) is 5.82 Å². The molecule has 0 amide bonds. The van der Waals surface area contributed by atoms with Crippen LogP contribution in [0.5, 0.6) is 0 Å². The summed E-state index contributed by atoms with van der Waals surface area (Å²) in [6.45, 7) is 0. The molecule has 0 radical (unpaired) electrons. The number of nitrogens with one attached hydrogen (secondary N) is 1. The molecular formula is C5H4BrFN2. The minimum atomic E-state index is -0.332. The quantitative estimate of drug-likeness (QED) is 0.686. The van der Waals surface area contributed by atoms with Crippen LogP contribution in [0.15, 0.2) is 18.3 Å². The molecule has 0 unspecified atom stereocenters. The second kappa shape index (κ2) is 2.77. The lowest BCUT2D eigenvalue weighted by atomic mass is 10.5. The maximum Gasteiger partial charge on any atom is 0.141 e. The molecule has 0 bridgehead atoms. The number of anilines is 1. The molecule has 0 saturated heterocycles. The molecule has 1 aromatic heterocycles. The highest BCUT2D eigenvalue weighted by Crippen LogP contribution is 2.04. The highest BCUT2D eigenvalue weighted by molar-refractivity contribution is 9.10.